The van der Waals surface area contributed by atoms with Gasteiger partial charge < -0.3 is 16.2 Å². The van der Waals surface area contributed by atoms with Gasteiger partial charge in [-0.25, -0.2) is 13.8 Å². The molecule has 0 unspecified atom stereocenters. The van der Waals surface area contributed by atoms with Crippen LogP contribution in [0.4, 0.5) is 33.6 Å². The van der Waals surface area contributed by atoms with Crippen LogP contribution in [0.5, 0.6) is 5.75 Å². The van der Waals surface area contributed by atoms with Crippen molar-refractivity contribution in [3.05, 3.63) is 11.6 Å². The summed E-state index contributed by atoms with van der Waals surface area (Å²) in [7, 11) is 0. The lowest BCUT2D eigenvalue weighted by Gasteiger charge is -2.14. The first-order valence-electron chi connectivity index (χ1n) is 3.80. The highest BCUT2D eigenvalue weighted by molar-refractivity contribution is 5.57. The van der Waals surface area contributed by atoms with E-state index in [1.54, 1.807) is 0 Å². The van der Waals surface area contributed by atoms with Gasteiger partial charge in [0.2, 0.25) is 0 Å². The summed E-state index contributed by atoms with van der Waals surface area (Å²) >= 11 is 0. The molecule has 16 heavy (non-hydrogen) atoms. The number of ether oxygens (including phenoxy) is 1. The minimum Gasteiger partial charge on any atom is -0.401 e. The molecule has 0 amide bonds. The van der Waals surface area contributed by atoms with E-state index in [2.05, 4.69) is 9.72 Å². The lowest BCUT2D eigenvalue weighted by atomic mass is 10.2. The smallest absolute Gasteiger partial charge is 0.401 e. The lowest BCUT2D eigenvalue weighted by Crippen LogP contribution is -2.20. The van der Waals surface area contributed by atoms with Gasteiger partial charge in [0, 0.05) is 0 Å². The predicted octanol–water partition coefficient (Wildman–Crippen LogP) is 2.08. The highest BCUT2D eigenvalue weighted by Crippen LogP contribution is 2.37. The summed E-state index contributed by atoms with van der Waals surface area (Å²) in [6.45, 7) is 0. The van der Waals surface area contributed by atoms with Crippen molar-refractivity contribution < 1.29 is 26.7 Å². The van der Waals surface area contributed by atoms with Crippen LogP contribution in [0.25, 0.3) is 0 Å². The monoisotopic (exact) mass is 243 g/mol. The Kier molecular flexibility index (Phi) is 3.06. The van der Waals surface area contributed by atoms with Gasteiger partial charge in [0.25, 0.3) is 6.43 Å². The minimum absolute atomic E-state index is 0.415. The third-order valence-electron chi connectivity index (χ3n) is 1.50. The Morgan fingerprint density at radius 1 is 1.25 bits per heavy atom. The number of alkyl halides is 5. The summed E-state index contributed by atoms with van der Waals surface area (Å²) < 4.78 is 63.8. The van der Waals surface area contributed by atoms with Gasteiger partial charge in [-0.2, -0.15) is 0 Å². The largest absolute Gasteiger partial charge is 0.573 e. The van der Waals surface area contributed by atoms with Crippen molar-refractivity contribution in [3.63, 3.8) is 0 Å². The number of aromatic nitrogens is 1. The van der Waals surface area contributed by atoms with Gasteiger partial charge >= 0.3 is 6.36 Å². The summed E-state index contributed by atoms with van der Waals surface area (Å²) in [5.41, 5.74) is 9.03. The number of nitrogen functional groups attached to an aromatic ring is 2. The normalized spacial score (nSPS) is 11.9. The number of rotatable bonds is 2. The molecule has 0 radical (unpaired) electrons. The second kappa shape index (κ2) is 3.99. The molecule has 1 rings (SSSR count). The Labute approximate surface area is 86.0 Å². The number of hydrogen-bond donors (Lipinski definition) is 2. The molecule has 1 aromatic rings. The lowest BCUT2D eigenvalue weighted by molar-refractivity contribution is -0.275. The quantitative estimate of drug-likeness (QED) is 0.780. The molecule has 0 atom stereocenters. The Hall–Kier alpha value is -1.80. The van der Waals surface area contributed by atoms with Crippen LogP contribution < -0.4 is 16.2 Å². The van der Waals surface area contributed by atoms with Crippen LogP contribution in [-0.2, 0) is 0 Å². The topological polar surface area (TPSA) is 74.2 Å². The van der Waals surface area contributed by atoms with E-state index in [1.807, 2.05) is 0 Å². The fraction of sp³-hybridized carbons (Fsp3) is 0.286. The van der Waals surface area contributed by atoms with Crippen LogP contribution in [0.1, 0.15) is 12.0 Å². The van der Waals surface area contributed by atoms with E-state index in [1.165, 1.54) is 0 Å². The van der Waals surface area contributed by atoms with E-state index in [0.29, 0.717) is 6.07 Å². The van der Waals surface area contributed by atoms with Gasteiger partial charge in [-0.3, -0.25) is 0 Å². The maximum Gasteiger partial charge on any atom is 0.573 e. The van der Waals surface area contributed by atoms with E-state index >= 15 is 0 Å². The summed E-state index contributed by atoms with van der Waals surface area (Å²) in [6.07, 6.45) is -8.33. The van der Waals surface area contributed by atoms with Gasteiger partial charge in [-0.15, -0.1) is 13.2 Å². The number of pyridine rings is 1. The first kappa shape index (κ1) is 12.3. The molecule has 4 nitrogen and oxygen atoms in total. The van der Waals surface area contributed by atoms with Crippen LogP contribution in [0, 0.1) is 0 Å². The number of nitrogens with two attached hydrogens (primary N) is 2. The summed E-state index contributed by atoms with van der Waals surface area (Å²) in [5, 5.41) is 0. The molecule has 0 fully saturated rings. The third kappa shape index (κ3) is 2.84. The van der Waals surface area contributed by atoms with E-state index in [9.17, 15) is 22.0 Å². The first-order chi connectivity index (χ1) is 7.20. The maximum absolute atomic E-state index is 12.4. The molecule has 1 aromatic heterocycles. The molecule has 0 saturated heterocycles. The highest BCUT2D eigenvalue weighted by Gasteiger charge is 2.35. The maximum atomic E-state index is 12.4. The fourth-order valence-corrected chi connectivity index (χ4v) is 0.984. The fourth-order valence-electron chi connectivity index (χ4n) is 0.984. The van der Waals surface area contributed by atoms with E-state index in [-0.39, 0.29) is 0 Å². The van der Waals surface area contributed by atoms with Crippen molar-refractivity contribution in [1.82, 2.24) is 4.98 Å². The summed E-state index contributed by atoms with van der Waals surface area (Å²) in [5.74, 6) is -2.48. The molecule has 4 N–H and O–H groups in total. The van der Waals surface area contributed by atoms with Gasteiger partial charge in [0.1, 0.15) is 5.82 Å². The van der Waals surface area contributed by atoms with Crippen molar-refractivity contribution >= 4 is 11.6 Å². The van der Waals surface area contributed by atoms with E-state index < -0.39 is 35.7 Å². The first-order valence-corrected chi connectivity index (χ1v) is 3.80. The summed E-state index contributed by atoms with van der Waals surface area (Å²) in [4.78, 5) is 3.20. The molecule has 0 bridgehead atoms. The number of halogens is 5. The summed E-state index contributed by atoms with van der Waals surface area (Å²) in [6, 6.07) is 0.572. The van der Waals surface area contributed by atoms with Gasteiger partial charge in [-0.05, 0) is 6.07 Å². The molecule has 0 spiro atoms. The molecule has 0 aliphatic heterocycles. The van der Waals surface area contributed by atoms with Crippen molar-refractivity contribution in [2.75, 3.05) is 11.5 Å². The van der Waals surface area contributed by atoms with Gasteiger partial charge in [-0.1, -0.05) is 0 Å². The molecular formula is C7H6F5N3O. The van der Waals surface area contributed by atoms with Crippen LogP contribution in [0.3, 0.4) is 0 Å². The Balaban J connectivity index is 3.25. The second-order valence-electron chi connectivity index (χ2n) is 2.70. The molecular weight excluding hydrogens is 237 g/mol. The molecule has 0 aliphatic rings. The zero-order valence-electron chi connectivity index (χ0n) is 7.55. The minimum atomic E-state index is -5.13. The van der Waals surface area contributed by atoms with Crippen molar-refractivity contribution in [2.24, 2.45) is 0 Å². The Morgan fingerprint density at radius 2 is 1.81 bits per heavy atom. The Morgan fingerprint density at radius 3 is 2.25 bits per heavy atom. The Bertz CT molecular complexity index is 392. The standard InChI is InChI=1S/C7H6F5N3O/c8-5(9)2-1-3(13)15-6(14)4(2)16-7(10,11)12/h1,5H,(H4,13,14,15). The molecule has 0 aromatic carbocycles. The molecule has 0 aliphatic carbocycles. The van der Waals surface area contributed by atoms with E-state index in [0.717, 1.165) is 0 Å². The molecule has 1 heterocycles. The zero-order chi connectivity index (χ0) is 12.5. The van der Waals surface area contributed by atoms with E-state index in [4.69, 9.17) is 11.5 Å². The van der Waals surface area contributed by atoms with Gasteiger partial charge in [0.15, 0.2) is 11.6 Å². The van der Waals surface area contributed by atoms with Crippen molar-refractivity contribution in [1.29, 1.82) is 0 Å². The average Bonchev–Trinajstić information content (AvgIpc) is 2.07. The molecule has 9 heteroatoms. The highest BCUT2D eigenvalue weighted by atomic mass is 19.4. The van der Waals surface area contributed by atoms with Crippen LogP contribution in [0.15, 0.2) is 6.07 Å². The van der Waals surface area contributed by atoms with Crippen molar-refractivity contribution in [3.8, 4) is 5.75 Å². The van der Waals surface area contributed by atoms with Gasteiger partial charge in [0.05, 0.1) is 5.56 Å². The van der Waals surface area contributed by atoms with Crippen LogP contribution >= 0.6 is 0 Å². The molecule has 90 valence electrons. The number of hydrogen-bond acceptors (Lipinski definition) is 4. The van der Waals surface area contributed by atoms with Crippen LogP contribution in [-0.4, -0.2) is 11.3 Å². The van der Waals surface area contributed by atoms with Crippen LogP contribution in [0.2, 0.25) is 0 Å². The SMILES string of the molecule is Nc1cc(C(F)F)c(OC(F)(F)F)c(N)n1. The predicted molar refractivity (Wildman–Crippen MR) is 44.7 cm³/mol. The average molecular weight is 243 g/mol. The van der Waals surface area contributed by atoms with Crippen molar-refractivity contribution in [2.45, 2.75) is 12.8 Å². The molecule has 0 saturated carbocycles. The number of anilines is 2. The third-order valence-corrected chi connectivity index (χ3v) is 1.50. The second-order valence-corrected chi connectivity index (χ2v) is 2.70. The zero-order valence-corrected chi connectivity index (χ0v) is 7.55. The number of nitrogens with zero attached hydrogens (tertiary/aromatic N) is 1.